The van der Waals surface area contributed by atoms with Gasteiger partial charge in [-0.3, -0.25) is 4.79 Å². The van der Waals surface area contributed by atoms with Crippen molar-refractivity contribution in [3.8, 4) is 0 Å². The molecule has 0 amide bonds. The monoisotopic (exact) mass is 253 g/mol. The zero-order valence-corrected chi connectivity index (χ0v) is 12.1. The third kappa shape index (κ3) is 3.55. The largest absolute Gasteiger partial charge is 0.375 e. The molecule has 2 aliphatic rings. The summed E-state index contributed by atoms with van der Waals surface area (Å²) >= 11 is 0. The number of Topliss-reactive ketones (excluding diaryl/α,β-unsaturated/α-hetero) is 1. The van der Waals surface area contributed by atoms with Crippen LogP contribution in [0.3, 0.4) is 0 Å². The third-order valence-electron chi connectivity index (χ3n) is 4.26. The van der Waals surface area contributed by atoms with Gasteiger partial charge in [0.25, 0.3) is 0 Å². The lowest BCUT2D eigenvalue weighted by Gasteiger charge is -2.38. The van der Waals surface area contributed by atoms with Gasteiger partial charge in [0.2, 0.25) is 0 Å². The Bertz CT molecular complexity index is 300. The van der Waals surface area contributed by atoms with Gasteiger partial charge in [-0.15, -0.1) is 0 Å². The Kier molecular flexibility index (Phi) is 4.12. The quantitative estimate of drug-likeness (QED) is 0.840. The first kappa shape index (κ1) is 14.0. The van der Waals surface area contributed by atoms with Crippen LogP contribution in [0.4, 0.5) is 0 Å². The molecule has 1 spiro atoms. The highest BCUT2D eigenvalue weighted by Crippen LogP contribution is 2.42. The molecule has 1 aliphatic carbocycles. The van der Waals surface area contributed by atoms with Crippen LogP contribution in [0.1, 0.15) is 59.3 Å². The molecule has 1 unspecified atom stereocenters. The van der Waals surface area contributed by atoms with E-state index in [2.05, 4.69) is 26.1 Å². The van der Waals surface area contributed by atoms with Crippen molar-refractivity contribution in [1.29, 1.82) is 0 Å². The fraction of sp³-hybridized carbons (Fsp3) is 0.933. The molecule has 1 heterocycles. The Morgan fingerprint density at radius 1 is 1.33 bits per heavy atom. The summed E-state index contributed by atoms with van der Waals surface area (Å²) in [5.74, 6) is 0.589. The summed E-state index contributed by atoms with van der Waals surface area (Å²) in [6.07, 6.45) is 6.71. The summed E-state index contributed by atoms with van der Waals surface area (Å²) in [7, 11) is 0. The molecule has 18 heavy (non-hydrogen) atoms. The molecule has 3 nitrogen and oxygen atoms in total. The van der Waals surface area contributed by atoms with E-state index < -0.39 is 0 Å². The van der Waals surface area contributed by atoms with Gasteiger partial charge >= 0.3 is 0 Å². The van der Waals surface area contributed by atoms with Crippen LogP contribution in [-0.2, 0) is 9.53 Å². The van der Waals surface area contributed by atoms with Crippen LogP contribution >= 0.6 is 0 Å². The van der Waals surface area contributed by atoms with E-state index in [9.17, 15) is 4.79 Å². The maximum Gasteiger partial charge on any atom is 0.149 e. The van der Waals surface area contributed by atoms with Gasteiger partial charge in [0.1, 0.15) is 5.78 Å². The topological polar surface area (TPSA) is 38.3 Å². The molecule has 2 fully saturated rings. The fourth-order valence-electron chi connectivity index (χ4n) is 3.17. The van der Waals surface area contributed by atoms with Crippen LogP contribution in [0.2, 0.25) is 0 Å². The molecule has 2 rings (SSSR count). The van der Waals surface area contributed by atoms with Crippen LogP contribution in [0, 0.1) is 5.92 Å². The molecule has 0 aromatic rings. The maximum atomic E-state index is 12.3. The summed E-state index contributed by atoms with van der Waals surface area (Å²) in [5.41, 5.74) is 0.0756. The fourth-order valence-corrected chi connectivity index (χ4v) is 3.17. The SMILES string of the molecule is CC(C)(C)NCC(=O)C1CCOC2(CCCC2)C1. The molecule has 1 saturated carbocycles. The molecule has 0 bridgehead atoms. The average molecular weight is 253 g/mol. The standard InChI is InChI=1S/C15H27NO2/c1-14(2,3)16-11-13(17)12-6-9-18-15(10-12)7-4-5-8-15/h12,16H,4-11H2,1-3H3. The van der Waals surface area contributed by atoms with Gasteiger partial charge in [-0.05, 0) is 46.5 Å². The first-order valence-electron chi connectivity index (χ1n) is 7.32. The lowest BCUT2D eigenvalue weighted by Crippen LogP contribution is -2.45. The smallest absolute Gasteiger partial charge is 0.149 e. The number of ether oxygens (including phenoxy) is 1. The van der Waals surface area contributed by atoms with Crippen LogP contribution in [0.25, 0.3) is 0 Å². The molecule has 104 valence electrons. The maximum absolute atomic E-state index is 12.3. The minimum absolute atomic E-state index is 0.0197. The highest BCUT2D eigenvalue weighted by Gasteiger charge is 2.41. The van der Waals surface area contributed by atoms with Gasteiger partial charge in [0, 0.05) is 18.1 Å². The van der Waals surface area contributed by atoms with Crippen molar-refractivity contribution in [1.82, 2.24) is 5.32 Å². The zero-order valence-electron chi connectivity index (χ0n) is 12.1. The summed E-state index contributed by atoms with van der Waals surface area (Å²) < 4.78 is 5.98. The second kappa shape index (κ2) is 5.30. The Morgan fingerprint density at radius 2 is 2.00 bits per heavy atom. The number of carbonyl (C=O) groups excluding carboxylic acids is 1. The number of ketones is 1. The predicted octanol–water partition coefficient (Wildman–Crippen LogP) is 2.68. The first-order chi connectivity index (χ1) is 8.40. The molecule has 0 aromatic carbocycles. The van der Waals surface area contributed by atoms with E-state index in [0.717, 1.165) is 32.3 Å². The van der Waals surface area contributed by atoms with Gasteiger partial charge in [-0.2, -0.15) is 0 Å². The van der Waals surface area contributed by atoms with Crippen LogP contribution in [-0.4, -0.2) is 30.1 Å². The molecule has 0 radical (unpaired) electrons. The van der Waals surface area contributed by atoms with E-state index in [1.165, 1.54) is 12.8 Å². The van der Waals surface area contributed by atoms with Crippen LogP contribution < -0.4 is 5.32 Å². The number of nitrogens with one attached hydrogen (secondary N) is 1. The van der Waals surface area contributed by atoms with Crippen LogP contribution in [0.15, 0.2) is 0 Å². The summed E-state index contributed by atoms with van der Waals surface area (Å²) in [6.45, 7) is 7.57. The Hall–Kier alpha value is -0.410. The highest BCUT2D eigenvalue weighted by atomic mass is 16.5. The minimum atomic E-state index is 0.0197. The van der Waals surface area contributed by atoms with Crippen molar-refractivity contribution in [3.05, 3.63) is 0 Å². The minimum Gasteiger partial charge on any atom is -0.375 e. The molecular weight excluding hydrogens is 226 g/mol. The van der Waals surface area contributed by atoms with Crippen molar-refractivity contribution >= 4 is 5.78 Å². The number of hydrogen-bond donors (Lipinski definition) is 1. The van der Waals surface area contributed by atoms with Gasteiger partial charge in [0.15, 0.2) is 0 Å². The van der Waals surface area contributed by atoms with Crippen molar-refractivity contribution in [3.63, 3.8) is 0 Å². The van der Waals surface area contributed by atoms with E-state index >= 15 is 0 Å². The van der Waals surface area contributed by atoms with Crippen molar-refractivity contribution in [2.45, 2.75) is 70.4 Å². The van der Waals surface area contributed by atoms with E-state index in [4.69, 9.17) is 4.74 Å². The Balaban J connectivity index is 1.86. The van der Waals surface area contributed by atoms with Gasteiger partial charge in [-0.1, -0.05) is 12.8 Å². The number of rotatable bonds is 3. The molecule has 0 aromatic heterocycles. The Morgan fingerprint density at radius 3 is 2.61 bits per heavy atom. The molecular formula is C15H27NO2. The van der Waals surface area contributed by atoms with Gasteiger partial charge in [-0.25, -0.2) is 0 Å². The number of carbonyl (C=O) groups is 1. The molecule has 3 heteroatoms. The third-order valence-corrected chi connectivity index (χ3v) is 4.26. The zero-order chi connectivity index (χ0) is 13.2. The van der Waals surface area contributed by atoms with E-state index in [0.29, 0.717) is 12.3 Å². The first-order valence-corrected chi connectivity index (χ1v) is 7.32. The summed E-state index contributed by atoms with van der Waals surface area (Å²) in [4.78, 5) is 12.3. The van der Waals surface area contributed by atoms with Gasteiger partial charge in [0.05, 0.1) is 12.1 Å². The normalized spacial score (nSPS) is 27.6. The van der Waals surface area contributed by atoms with Crippen molar-refractivity contribution < 1.29 is 9.53 Å². The lowest BCUT2D eigenvalue weighted by atomic mass is 9.82. The highest BCUT2D eigenvalue weighted by molar-refractivity contribution is 5.83. The van der Waals surface area contributed by atoms with Crippen molar-refractivity contribution in [2.75, 3.05) is 13.2 Å². The second-order valence-electron chi connectivity index (χ2n) is 7.00. The second-order valence-corrected chi connectivity index (χ2v) is 7.00. The number of hydrogen-bond acceptors (Lipinski definition) is 3. The molecule has 1 atom stereocenters. The summed E-state index contributed by atoms with van der Waals surface area (Å²) in [6, 6.07) is 0. The molecule has 1 N–H and O–H groups in total. The lowest BCUT2D eigenvalue weighted by molar-refractivity contribution is -0.135. The van der Waals surface area contributed by atoms with Crippen LogP contribution in [0.5, 0.6) is 0 Å². The average Bonchev–Trinajstić information content (AvgIpc) is 2.73. The van der Waals surface area contributed by atoms with Crippen molar-refractivity contribution in [2.24, 2.45) is 5.92 Å². The van der Waals surface area contributed by atoms with E-state index in [-0.39, 0.29) is 17.1 Å². The summed E-state index contributed by atoms with van der Waals surface area (Å²) in [5, 5.41) is 3.31. The van der Waals surface area contributed by atoms with E-state index in [1.807, 2.05) is 0 Å². The predicted molar refractivity (Wildman–Crippen MR) is 72.6 cm³/mol. The molecule has 1 saturated heterocycles. The van der Waals surface area contributed by atoms with E-state index in [1.54, 1.807) is 0 Å². The van der Waals surface area contributed by atoms with Gasteiger partial charge < -0.3 is 10.1 Å². The Labute approximate surface area is 111 Å². The molecule has 1 aliphatic heterocycles.